The maximum Gasteiger partial charge on any atom is 0.408 e. The number of pyridine rings is 1. The van der Waals surface area contributed by atoms with Crippen molar-refractivity contribution in [1.82, 2.24) is 35.0 Å². The van der Waals surface area contributed by atoms with Gasteiger partial charge in [0.1, 0.15) is 35.1 Å². The Hall–Kier alpha value is -4.97. The molecule has 302 valence electrons. The molecule has 3 aromatic rings. The number of methoxy groups -OCH3 is 1. The first-order valence-corrected chi connectivity index (χ1v) is 20.6. The number of hydrogen-bond acceptors (Lipinski definition) is 12. The summed E-state index contributed by atoms with van der Waals surface area (Å²) in [6.45, 7) is 5.74. The molecule has 2 saturated carbocycles. The van der Waals surface area contributed by atoms with Crippen LogP contribution in [0.5, 0.6) is 11.6 Å². The molecule has 5 atom stereocenters. The molecule has 2 aromatic heterocycles. The normalized spacial score (nSPS) is 26.2. The van der Waals surface area contributed by atoms with Crippen molar-refractivity contribution >= 4 is 44.6 Å². The fourth-order valence-electron chi connectivity index (χ4n) is 7.44. The zero-order chi connectivity index (χ0) is 39.8. The summed E-state index contributed by atoms with van der Waals surface area (Å²) in [5.74, 6) is -1.00. The van der Waals surface area contributed by atoms with Crippen LogP contribution in [0, 0.1) is 5.92 Å². The molecule has 1 aromatic carbocycles. The van der Waals surface area contributed by atoms with E-state index >= 15 is 0 Å². The highest BCUT2D eigenvalue weighted by Crippen LogP contribution is 2.48. The van der Waals surface area contributed by atoms with Gasteiger partial charge in [0.15, 0.2) is 5.82 Å². The van der Waals surface area contributed by atoms with E-state index in [1.807, 2.05) is 18.2 Å². The summed E-state index contributed by atoms with van der Waals surface area (Å²) in [5.41, 5.74) is -2.33. The predicted octanol–water partition coefficient (Wildman–Crippen LogP) is 2.74. The minimum atomic E-state index is -3.91. The average Bonchev–Trinajstić information content (AvgIpc) is 4.00. The lowest BCUT2D eigenvalue weighted by molar-refractivity contribution is -0.141. The van der Waals surface area contributed by atoms with Crippen LogP contribution in [0.4, 0.5) is 4.79 Å². The maximum atomic E-state index is 14.6. The van der Waals surface area contributed by atoms with Gasteiger partial charge in [-0.3, -0.25) is 19.1 Å². The molecule has 4 heterocycles. The van der Waals surface area contributed by atoms with Crippen LogP contribution in [0.15, 0.2) is 42.7 Å². The molecule has 18 heteroatoms. The van der Waals surface area contributed by atoms with Gasteiger partial charge in [-0.2, -0.15) is 10.1 Å². The molecule has 56 heavy (non-hydrogen) atoms. The first-order chi connectivity index (χ1) is 26.7. The number of rotatable bonds is 8. The Morgan fingerprint density at radius 3 is 2.54 bits per heavy atom. The number of ether oxygens (including phenoxy) is 4. The Morgan fingerprint density at radius 2 is 1.84 bits per heavy atom. The van der Waals surface area contributed by atoms with E-state index in [2.05, 4.69) is 20.5 Å². The second-order valence-electron chi connectivity index (χ2n) is 15.9. The molecule has 17 nitrogen and oxygen atoms in total. The molecule has 4 aliphatic rings. The molecule has 0 bridgehead atoms. The lowest BCUT2D eigenvalue weighted by atomic mass is 10.1. The summed E-state index contributed by atoms with van der Waals surface area (Å²) in [6.07, 6.45) is 4.66. The Balaban J connectivity index is 1.22. The van der Waals surface area contributed by atoms with E-state index in [4.69, 9.17) is 23.9 Å². The van der Waals surface area contributed by atoms with Crippen LogP contribution in [0.2, 0.25) is 0 Å². The van der Waals surface area contributed by atoms with Crippen molar-refractivity contribution in [2.75, 3.05) is 26.9 Å². The summed E-state index contributed by atoms with van der Waals surface area (Å²) >= 11 is 0. The van der Waals surface area contributed by atoms with Crippen molar-refractivity contribution in [2.45, 2.75) is 107 Å². The Kier molecular flexibility index (Phi) is 10.9. The number of carbonyl (C=O) groups is 4. The standard InChI is InChI=1S/C38H49N7O10S/c1-37(2,3)55-36(49)40-29-9-6-17-53-16-5-8-24-21-38(24,35(48)43-56(50,51)27-11-12-27)42-32(46)30-20-26(22-44(30)34(29)47)54-33-28-13-10-25(52-4)18-23(28)19-31(41-33)45-15-7-14-39-45/h7,10,13-15,18-19,24,26-27,29-30H,5-6,8-9,11-12,16-17,20-22H2,1-4H3,(H,40,49)(H,42,46)(H,43,48)/t24-,26-,29+,30+,38-/m1/s1. The van der Waals surface area contributed by atoms with Crippen LogP contribution < -0.4 is 24.8 Å². The van der Waals surface area contributed by atoms with Gasteiger partial charge in [0.25, 0.3) is 5.91 Å². The summed E-state index contributed by atoms with van der Waals surface area (Å²) in [7, 11) is -2.34. The van der Waals surface area contributed by atoms with Crippen molar-refractivity contribution in [3.05, 3.63) is 42.7 Å². The molecule has 3 N–H and O–H groups in total. The van der Waals surface area contributed by atoms with E-state index in [1.165, 1.54) is 4.90 Å². The lowest BCUT2D eigenvalue weighted by Crippen LogP contribution is -2.58. The number of amides is 4. The number of hydrogen-bond donors (Lipinski definition) is 3. The van der Waals surface area contributed by atoms with E-state index in [-0.39, 0.29) is 37.6 Å². The fourth-order valence-corrected chi connectivity index (χ4v) is 8.81. The molecule has 2 aliphatic heterocycles. The molecule has 0 spiro atoms. The zero-order valence-corrected chi connectivity index (χ0v) is 32.8. The van der Waals surface area contributed by atoms with Crippen LogP contribution in [-0.2, 0) is 33.9 Å². The minimum Gasteiger partial charge on any atom is -0.497 e. The molecule has 4 amide bonds. The highest BCUT2D eigenvalue weighted by molar-refractivity contribution is 7.91. The fraction of sp³-hybridized carbons (Fsp3) is 0.579. The van der Waals surface area contributed by atoms with Gasteiger partial charge in [-0.15, -0.1) is 0 Å². The molecule has 0 unspecified atom stereocenters. The number of carbonyl (C=O) groups excluding carboxylic acids is 4. The molecule has 0 radical (unpaired) electrons. The van der Waals surface area contributed by atoms with Crippen molar-refractivity contribution in [3.63, 3.8) is 0 Å². The van der Waals surface area contributed by atoms with Gasteiger partial charge in [-0.1, -0.05) is 0 Å². The van der Waals surface area contributed by atoms with Crippen LogP contribution in [0.25, 0.3) is 16.6 Å². The van der Waals surface area contributed by atoms with Crippen LogP contribution in [0.1, 0.15) is 72.1 Å². The number of aromatic nitrogens is 3. The third-order valence-electron chi connectivity index (χ3n) is 10.5. The second kappa shape index (κ2) is 15.5. The van der Waals surface area contributed by atoms with Crippen LogP contribution in [-0.4, -0.2) is 113 Å². The predicted molar refractivity (Wildman–Crippen MR) is 201 cm³/mol. The van der Waals surface area contributed by atoms with Gasteiger partial charge in [0.2, 0.25) is 27.7 Å². The first-order valence-electron chi connectivity index (χ1n) is 19.1. The number of sulfonamides is 1. The van der Waals surface area contributed by atoms with Gasteiger partial charge in [-0.05, 0) is 107 Å². The summed E-state index contributed by atoms with van der Waals surface area (Å²) in [5, 5.41) is 10.7. The number of benzene rings is 1. The molecule has 2 saturated heterocycles. The largest absolute Gasteiger partial charge is 0.497 e. The number of alkyl carbamates (subject to hydrolysis) is 1. The Labute approximate surface area is 325 Å². The number of fused-ring (bicyclic) bond motifs is 3. The summed E-state index contributed by atoms with van der Waals surface area (Å²) in [6, 6.07) is 6.78. The van der Waals surface area contributed by atoms with Crippen LogP contribution >= 0.6 is 0 Å². The highest BCUT2D eigenvalue weighted by atomic mass is 32.2. The smallest absolute Gasteiger partial charge is 0.408 e. The van der Waals surface area contributed by atoms with E-state index in [1.54, 1.807) is 57.1 Å². The first kappa shape index (κ1) is 39.3. The quantitative estimate of drug-likeness (QED) is 0.301. The number of nitrogens with one attached hydrogen (secondary N) is 3. The molecular weight excluding hydrogens is 747 g/mol. The monoisotopic (exact) mass is 795 g/mol. The topological polar surface area (TPSA) is 209 Å². The molecule has 2 aliphatic carbocycles. The lowest BCUT2D eigenvalue weighted by Gasteiger charge is -2.30. The molecule has 7 rings (SSSR count). The van der Waals surface area contributed by atoms with E-state index in [0.717, 1.165) is 5.39 Å². The van der Waals surface area contributed by atoms with Gasteiger partial charge in [0.05, 0.1) is 18.9 Å². The number of nitrogens with zero attached hydrogens (tertiary/aromatic N) is 4. The third-order valence-corrected chi connectivity index (χ3v) is 12.3. The second-order valence-corrected chi connectivity index (χ2v) is 17.9. The van der Waals surface area contributed by atoms with Gasteiger partial charge >= 0.3 is 6.09 Å². The SMILES string of the molecule is COc1ccc2c(O[C@@H]3C[C@H]4C(=O)N[C@]5(C(=O)NS(=O)(=O)C6CC6)C[C@H]5CCCOCCC[C@H](NC(=O)OC(C)(C)C)C(=O)N4C3)nc(-n3cccn3)cc2c1. The molecular formula is C38H49N7O10S. The van der Waals surface area contributed by atoms with Gasteiger partial charge < -0.3 is 34.5 Å². The van der Waals surface area contributed by atoms with E-state index in [0.29, 0.717) is 62.3 Å². The average molecular weight is 796 g/mol. The van der Waals surface area contributed by atoms with E-state index in [9.17, 15) is 27.6 Å². The third kappa shape index (κ3) is 8.70. The Bertz CT molecular complexity index is 2090. The van der Waals surface area contributed by atoms with Gasteiger partial charge in [-0.25, -0.2) is 17.9 Å². The van der Waals surface area contributed by atoms with E-state index < -0.39 is 68.4 Å². The van der Waals surface area contributed by atoms with Crippen LogP contribution in [0.3, 0.4) is 0 Å². The molecule has 4 fully saturated rings. The summed E-state index contributed by atoms with van der Waals surface area (Å²) < 4.78 is 52.9. The highest BCUT2D eigenvalue weighted by Gasteiger charge is 2.62. The van der Waals surface area contributed by atoms with Gasteiger partial charge in [0, 0.05) is 37.4 Å². The van der Waals surface area contributed by atoms with Crippen molar-refractivity contribution < 1.29 is 46.5 Å². The minimum absolute atomic E-state index is 0.00784. The maximum absolute atomic E-state index is 14.6. The Morgan fingerprint density at radius 1 is 1.07 bits per heavy atom. The van der Waals surface area contributed by atoms with Crippen molar-refractivity contribution in [2.24, 2.45) is 5.92 Å². The zero-order valence-electron chi connectivity index (χ0n) is 32.0. The van der Waals surface area contributed by atoms with Crippen molar-refractivity contribution in [3.8, 4) is 17.4 Å². The van der Waals surface area contributed by atoms with Crippen molar-refractivity contribution in [1.29, 1.82) is 0 Å². The summed E-state index contributed by atoms with van der Waals surface area (Å²) in [4.78, 5) is 62.0.